The van der Waals surface area contributed by atoms with Crippen molar-refractivity contribution in [3.63, 3.8) is 0 Å². The van der Waals surface area contributed by atoms with Crippen molar-refractivity contribution >= 4 is 38.4 Å². The lowest BCUT2D eigenvalue weighted by Gasteiger charge is -2.31. The normalized spacial score (nSPS) is 21.6. The molecule has 14 nitrogen and oxygen atoms in total. The minimum absolute atomic E-state index is 0.0432. The van der Waals surface area contributed by atoms with Gasteiger partial charge in [0, 0.05) is 44.8 Å². The molecule has 2 saturated heterocycles. The number of pyridine rings is 2. The fraction of sp³-hybridized carbons (Fsp3) is 0.586. The van der Waals surface area contributed by atoms with Gasteiger partial charge in [0.2, 0.25) is 21.9 Å². The van der Waals surface area contributed by atoms with Crippen molar-refractivity contribution in [2.45, 2.75) is 37.8 Å². The highest BCUT2D eigenvalue weighted by Crippen LogP contribution is 2.33. The number of anilines is 3. The van der Waals surface area contributed by atoms with Crippen LogP contribution in [-0.2, 0) is 19.5 Å². The molecule has 0 amide bonds. The third kappa shape index (κ3) is 8.34. The van der Waals surface area contributed by atoms with Gasteiger partial charge in [0.05, 0.1) is 67.9 Å². The van der Waals surface area contributed by atoms with Crippen LogP contribution in [-0.4, -0.2) is 117 Å². The van der Waals surface area contributed by atoms with E-state index >= 15 is 0 Å². The average molecular weight is 629 g/mol. The van der Waals surface area contributed by atoms with Gasteiger partial charge in [-0.1, -0.05) is 0 Å². The predicted molar refractivity (Wildman–Crippen MR) is 166 cm³/mol. The molecule has 3 fully saturated rings. The van der Waals surface area contributed by atoms with Gasteiger partial charge < -0.3 is 29.2 Å². The lowest BCUT2D eigenvalue weighted by molar-refractivity contribution is 0.0322. The van der Waals surface area contributed by atoms with Gasteiger partial charge in [0.25, 0.3) is 0 Å². The van der Waals surface area contributed by atoms with Gasteiger partial charge in [0.1, 0.15) is 18.5 Å². The van der Waals surface area contributed by atoms with E-state index in [1.54, 1.807) is 18.5 Å². The van der Waals surface area contributed by atoms with Crippen LogP contribution >= 0.6 is 0 Å². The van der Waals surface area contributed by atoms with Crippen LogP contribution in [0.5, 0.6) is 11.6 Å². The van der Waals surface area contributed by atoms with Gasteiger partial charge in [-0.25, -0.2) is 18.4 Å². The summed E-state index contributed by atoms with van der Waals surface area (Å²) < 4.78 is 49.4. The minimum Gasteiger partial charge on any atom is -0.489 e. The van der Waals surface area contributed by atoms with E-state index in [4.69, 9.17) is 23.9 Å². The maximum atomic E-state index is 11.8. The number of hydrogen-bond donors (Lipinski definition) is 2. The fourth-order valence-corrected chi connectivity index (χ4v) is 6.18. The summed E-state index contributed by atoms with van der Waals surface area (Å²) in [5, 5.41) is 4.11. The Kier molecular flexibility index (Phi) is 9.74. The molecule has 3 aromatic rings. The molecule has 0 bridgehead atoms. The van der Waals surface area contributed by atoms with Crippen LogP contribution in [0.4, 0.5) is 17.5 Å². The van der Waals surface area contributed by atoms with E-state index in [0.29, 0.717) is 54.0 Å². The third-order valence-electron chi connectivity index (χ3n) is 7.96. The molecular weight excluding hydrogens is 588 g/mol. The van der Waals surface area contributed by atoms with Gasteiger partial charge in [-0.15, -0.1) is 0 Å². The smallest absolute Gasteiger partial charge is 0.229 e. The summed E-state index contributed by atoms with van der Waals surface area (Å²) >= 11 is 0. The zero-order valence-electron chi connectivity index (χ0n) is 25.0. The van der Waals surface area contributed by atoms with Crippen molar-refractivity contribution in [3.05, 3.63) is 30.7 Å². The Balaban J connectivity index is 1.06. The van der Waals surface area contributed by atoms with E-state index < -0.39 is 10.0 Å². The fourth-order valence-electron chi connectivity index (χ4n) is 5.64. The third-order valence-corrected chi connectivity index (χ3v) is 8.57. The molecule has 15 heteroatoms. The van der Waals surface area contributed by atoms with Gasteiger partial charge in [0.15, 0.2) is 5.75 Å². The molecule has 0 spiro atoms. The van der Waals surface area contributed by atoms with Crippen molar-refractivity contribution in [2.24, 2.45) is 0 Å². The Hall–Kier alpha value is -3.53. The van der Waals surface area contributed by atoms with E-state index in [-0.39, 0.29) is 12.1 Å². The molecule has 3 aliphatic rings. The largest absolute Gasteiger partial charge is 0.489 e. The molecule has 1 aliphatic carbocycles. The number of hydrogen-bond acceptors (Lipinski definition) is 13. The summed E-state index contributed by atoms with van der Waals surface area (Å²) in [6, 6.07) is 3.87. The molecule has 0 atom stereocenters. The van der Waals surface area contributed by atoms with Crippen molar-refractivity contribution in [2.75, 3.05) is 87.0 Å². The predicted octanol–water partition coefficient (Wildman–Crippen LogP) is 2.14. The van der Waals surface area contributed by atoms with Crippen LogP contribution in [0.1, 0.15) is 25.7 Å². The number of nitrogens with one attached hydrogen (secondary N) is 2. The number of rotatable bonds is 11. The first-order valence-electron chi connectivity index (χ1n) is 15.2. The first-order chi connectivity index (χ1) is 21.4. The van der Waals surface area contributed by atoms with E-state index in [2.05, 4.69) is 34.8 Å². The van der Waals surface area contributed by atoms with Crippen molar-refractivity contribution in [1.82, 2.24) is 24.8 Å². The second kappa shape index (κ2) is 14.1. The molecule has 238 valence electrons. The van der Waals surface area contributed by atoms with Crippen molar-refractivity contribution in [1.29, 1.82) is 0 Å². The molecule has 2 N–H and O–H groups in total. The Morgan fingerprint density at radius 2 is 1.64 bits per heavy atom. The van der Waals surface area contributed by atoms with Gasteiger partial charge >= 0.3 is 0 Å². The van der Waals surface area contributed by atoms with E-state index in [1.165, 1.54) is 6.20 Å². The number of morpholine rings is 2. The van der Waals surface area contributed by atoms with Crippen LogP contribution in [0.3, 0.4) is 0 Å². The summed E-state index contributed by atoms with van der Waals surface area (Å²) in [6.45, 7) is 7.58. The molecular formula is C29H40N8O6S. The molecule has 0 radical (unpaired) electrons. The molecule has 44 heavy (non-hydrogen) atoms. The highest BCUT2D eigenvalue weighted by molar-refractivity contribution is 7.92. The summed E-state index contributed by atoms with van der Waals surface area (Å²) in [5.74, 6) is 2.47. The molecule has 6 rings (SSSR count). The molecule has 0 unspecified atom stereocenters. The highest BCUT2D eigenvalue weighted by atomic mass is 32.2. The number of sulfonamides is 1. The van der Waals surface area contributed by atoms with Crippen LogP contribution in [0.2, 0.25) is 0 Å². The quantitative estimate of drug-likeness (QED) is 0.319. The van der Waals surface area contributed by atoms with Crippen LogP contribution in [0, 0.1) is 0 Å². The second-order valence-corrected chi connectivity index (χ2v) is 13.1. The van der Waals surface area contributed by atoms with E-state index in [0.717, 1.165) is 83.7 Å². The summed E-state index contributed by atoms with van der Waals surface area (Å²) in [5.41, 5.74) is 1.06. The first kappa shape index (κ1) is 30.5. The number of aromatic nitrogens is 4. The Bertz CT molecular complexity index is 1490. The highest BCUT2D eigenvalue weighted by Gasteiger charge is 2.25. The lowest BCUT2D eigenvalue weighted by atomic mass is 9.93. The summed E-state index contributed by atoms with van der Waals surface area (Å²) in [7, 11) is -3.46. The monoisotopic (exact) mass is 628 g/mol. The molecule has 5 heterocycles. The summed E-state index contributed by atoms with van der Waals surface area (Å²) in [6.07, 6.45) is 9.41. The van der Waals surface area contributed by atoms with Crippen LogP contribution in [0.25, 0.3) is 10.9 Å². The maximum Gasteiger partial charge on any atom is 0.229 e. The van der Waals surface area contributed by atoms with Gasteiger partial charge in [-0.05, 0) is 31.7 Å². The standard InChI is InChI=1S/C29H40N8O6S/c1-44(38,39)35-22-16-25-26(30-18-22)17-27(37-9-13-41-14-10-37)34-28(25)43-23-4-2-21(3-5-23)33-29-31-19-24(20-32-29)42-15-8-36-6-11-40-12-7-36/h16-21,23,35H,2-15H2,1H3,(H,31,32,33). The van der Waals surface area contributed by atoms with Crippen LogP contribution in [0.15, 0.2) is 30.7 Å². The minimum atomic E-state index is -3.46. The molecule has 2 aliphatic heterocycles. The number of fused-ring (bicyclic) bond motifs is 1. The average Bonchev–Trinajstić information content (AvgIpc) is 3.03. The second-order valence-electron chi connectivity index (χ2n) is 11.3. The SMILES string of the molecule is CS(=O)(=O)Nc1cnc2cc(N3CCOCC3)nc(OC3CCC(Nc4ncc(OCCN5CCOCC5)cn4)CC3)c2c1. The summed E-state index contributed by atoms with van der Waals surface area (Å²) in [4.78, 5) is 22.8. The Morgan fingerprint density at radius 1 is 0.932 bits per heavy atom. The van der Waals surface area contributed by atoms with Gasteiger partial charge in [-0.3, -0.25) is 14.6 Å². The lowest BCUT2D eigenvalue weighted by Crippen LogP contribution is -2.38. The number of ether oxygens (including phenoxy) is 4. The van der Waals surface area contributed by atoms with Crippen molar-refractivity contribution in [3.8, 4) is 11.6 Å². The zero-order valence-corrected chi connectivity index (χ0v) is 25.8. The maximum absolute atomic E-state index is 11.8. The Morgan fingerprint density at radius 3 is 2.34 bits per heavy atom. The topological polar surface area (TPSA) is 153 Å². The first-order valence-corrected chi connectivity index (χ1v) is 17.1. The van der Waals surface area contributed by atoms with E-state index in [9.17, 15) is 8.42 Å². The van der Waals surface area contributed by atoms with E-state index in [1.807, 2.05) is 6.07 Å². The van der Waals surface area contributed by atoms with Gasteiger partial charge in [-0.2, -0.15) is 4.98 Å². The van der Waals surface area contributed by atoms with Crippen molar-refractivity contribution < 1.29 is 27.4 Å². The zero-order chi connectivity index (χ0) is 30.4. The Labute approximate surface area is 257 Å². The molecule has 0 aromatic carbocycles. The molecule has 3 aromatic heterocycles. The molecule has 1 saturated carbocycles. The number of nitrogens with zero attached hydrogens (tertiary/aromatic N) is 6. The van der Waals surface area contributed by atoms with Crippen LogP contribution < -0.4 is 24.4 Å².